The molecule has 5 nitrogen and oxygen atoms in total. The van der Waals surface area contributed by atoms with Crippen molar-refractivity contribution in [3.8, 4) is 0 Å². The summed E-state index contributed by atoms with van der Waals surface area (Å²) in [5.74, 6) is -2.11. The predicted octanol–water partition coefficient (Wildman–Crippen LogP) is 3.10. The van der Waals surface area contributed by atoms with E-state index in [1.54, 1.807) is 0 Å². The fourth-order valence-corrected chi connectivity index (χ4v) is 2.26. The van der Waals surface area contributed by atoms with Crippen LogP contribution in [0.4, 0.5) is 0 Å². The average molecular weight is 336 g/mol. The highest BCUT2D eigenvalue weighted by atomic mass is 16.6. The van der Waals surface area contributed by atoms with Gasteiger partial charge in [0, 0.05) is 0 Å². The summed E-state index contributed by atoms with van der Waals surface area (Å²) in [4.78, 5) is 24.3. The van der Waals surface area contributed by atoms with Crippen LogP contribution in [0.25, 0.3) is 0 Å². The van der Waals surface area contributed by atoms with Crippen LogP contribution >= 0.6 is 0 Å². The number of hydrogen-bond donors (Lipinski definition) is 1. The lowest BCUT2D eigenvalue weighted by molar-refractivity contribution is -0.168. The van der Waals surface area contributed by atoms with E-state index in [2.05, 4.69) is 0 Å². The third-order valence-electron chi connectivity index (χ3n) is 3.62. The SMILES string of the molecule is CCCCOC(=O)C(O)C(CC(C)C)C(=O)OCc1ccccc1. The number of benzene rings is 1. The zero-order valence-corrected chi connectivity index (χ0v) is 14.7. The van der Waals surface area contributed by atoms with Gasteiger partial charge >= 0.3 is 11.9 Å². The molecule has 0 aliphatic carbocycles. The van der Waals surface area contributed by atoms with Gasteiger partial charge in [-0.3, -0.25) is 4.79 Å². The molecule has 0 saturated carbocycles. The van der Waals surface area contributed by atoms with Crippen molar-refractivity contribution < 1.29 is 24.2 Å². The lowest BCUT2D eigenvalue weighted by Gasteiger charge is -2.22. The van der Waals surface area contributed by atoms with Crippen LogP contribution in [0.1, 0.15) is 45.6 Å². The Hall–Kier alpha value is -1.88. The highest BCUT2D eigenvalue weighted by Crippen LogP contribution is 2.19. The van der Waals surface area contributed by atoms with Crippen molar-refractivity contribution >= 4 is 11.9 Å². The molecule has 2 unspecified atom stereocenters. The van der Waals surface area contributed by atoms with E-state index < -0.39 is 24.0 Å². The van der Waals surface area contributed by atoms with E-state index in [4.69, 9.17) is 9.47 Å². The molecule has 2 atom stereocenters. The minimum Gasteiger partial charge on any atom is -0.464 e. The van der Waals surface area contributed by atoms with Crippen molar-refractivity contribution in [1.82, 2.24) is 0 Å². The number of aliphatic hydroxyl groups is 1. The van der Waals surface area contributed by atoms with Gasteiger partial charge in [-0.15, -0.1) is 0 Å². The van der Waals surface area contributed by atoms with Crippen molar-refractivity contribution in [2.45, 2.75) is 52.7 Å². The first kappa shape index (κ1) is 20.2. The summed E-state index contributed by atoms with van der Waals surface area (Å²) >= 11 is 0. The minimum absolute atomic E-state index is 0.117. The van der Waals surface area contributed by atoms with Crippen LogP contribution in [0.5, 0.6) is 0 Å². The number of aliphatic hydroxyl groups excluding tert-OH is 1. The molecule has 1 rings (SSSR count). The van der Waals surface area contributed by atoms with Gasteiger partial charge in [0.25, 0.3) is 0 Å². The maximum absolute atomic E-state index is 12.3. The summed E-state index contributed by atoms with van der Waals surface area (Å²) in [5, 5.41) is 10.2. The molecule has 0 aromatic heterocycles. The molecule has 0 heterocycles. The van der Waals surface area contributed by atoms with Gasteiger partial charge in [-0.25, -0.2) is 4.79 Å². The van der Waals surface area contributed by atoms with Gasteiger partial charge in [0.05, 0.1) is 12.5 Å². The Balaban J connectivity index is 2.65. The van der Waals surface area contributed by atoms with Crippen molar-refractivity contribution in [1.29, 1.82) is 0 Å². The summed E-state index contributed by atoms with van der Waals surface area (Å²) in [7, 11) is 0. The Labute approximate surface area is 144 Å². The molecule has 0 bridgehead atoms. The lowest BCUT2D eigenvalue weighted by Crippen LogP contribution is -2.38. The molecule has 134 valence electrons. The zero-order chi connectivity index (χ0) is 17.9. The Bertz CT molecular complexity index is 498. The Morgan fingerprint density at radius 3 is 2.33 bits per heavy atom. The first-order chi connectivity index (χ1) is 11.5. The maximum atomic E-state index is 12.3. The van der Waals surface area contributed by atoms with Crippen molar-refractivity contribution in [2.75, 3.05) is 6.61 Å². The summed E-state index contributed by atoms with van der Waals surface area (Å²) in [6.45, 7) is 6.19. The van der Waals surface area contributed by atoms with Crippen molar-refractivity contribution in [3.63, 3.8) is 0 Å². The van der Waals surface area contributed by atoms with E-state index in [1.807, 2.05) is 51.1 Å². The van der Waals surface area contributed by atoms with E-state index in [0.29, 0.717) is 6.42 Å². The quantitative estimate of drug-likeness (QED) is 0.525. The summed E-state index contributed by atoms with van der Waals surface area (Å²) < 4.78 is 10.3. The third kappa shape index (κ3) is 7.13. The fraction of sp³-hybridized carbons (Fsp3) is 0.579. The van der Waals surface area contributed by atoms with Crippen LogP contribution in [0.3, 0.4) is 0 Å². The highest BCUT2D eigenvalue weighted by molar-refractivity contribution is 5.83. The van der Waals surface area contributed by atoms with Gasteiger partial charge in [-0.05, 0) is 24.3 Å². The number of carbonyl (C=O) groups excluding carboxylic acids is 2. The topological polar surface area (TPSA) is 72.8 Å². The molecule has 24 heavy (non-hydrogen) atoms. The summed E-state index contributed by atoms with van der Waals surface area (Å²) in [5.41, 5.74) is 0.856. The maximum Gasteiger partial charge on any atom is 0.335 e. The molecule has 1 aromatic carbocycles. The van der Waals surface area contributed by atoms with Crippen molar-refractivity contribution in [2.24, 2.45) is 11.8 Å². The molecular weight excluding hydrogens is 308 g/mol. The first-order valence-corrected chi connectivity index (χ1v) is 8.51. The van der Waals surface area contributed by atoms with Gasteiger partial charge in [0.2, 0.25) is 0 Å². The van der Waals surface area contributed by atoms with Gasteiger partial charge in [-0.2, -0.15) is 0 Å². The van der Waals surface area contributed by atoms with Gasteiger partial charge in [-0.1, -0.05) is 57.5 Å². The van der Waals surface area contributed by atoms with Gasteiger partial charge in [0.15, 0.2) is 6.10 Å². The zero-order valence-electron chi connectivity index (χ0n) is 14.7. The molecule has 0 saturated heterocycles. The highest BCUT2D eigenvalue weighted by Gasteiger charge is 2.35. The minimum atomic E-state index is -1.49. The normalized spacial score (nSPS) is 13.4. The molecule has 0 spiro atoms. The number of unbranched alkanes of at least 4 members (excludes halogenated alkanes) is 1. The molecule has 0 radical (unpaired) electrons. The number of esters is 2. The van der Waals surface area contributed by atoms with Crippen LogP contribution in [0.15, 0.2) is 30.3 Å². The second-order valence-corrected chi connectivity index (χ2v) is 6.30. The van der Waals surface area contributed by atoms with E-state index in [9.17, 15) is 14.7 Å². The summed E-state index contributed by atoms with van der Waals surface area (Å²) in [6, 6.07) is 9.28. The Kier molecular flexibility index (Phi) is 9.08. The average Bonchev–Trinajstić information content (AvgIpc) is 2.57. The smallest absolute Gasteiger partial charge is 0.335 e. The van der Waals surface area contributed by atoms with E-state index in [1.165, 1.54) is 0 Å². The number of ether oxygens (including phenoxy) is 2. The number of carbonyl (C=O) groups is 2. The van der Waals surface area contributed by atoms with Crippen molar-refractivity contribution in [3.05, 3.63) is 35.9 Å². The van der Waals surface area contributed by atoms with Crippen LogP contribution in [-0.4, -0.2) is 29.8 Å². The van der Waals surface area contributed by atoms with Gasteiger partial charge in [0.1, 0.15) is 6.61 Å². The second kappa shape index (κ2) is 10.8. The standard InChI is InChI=1S/C19H28O5/c1-4-5-11-23-19(22)17(20)16(12-14(2)3)18(21)24-13-15-9-7-6-8-10-15/h6-10,14,16-17,20H,4-5,11-13H2,1-3H3. The Morgan fingerprint density at radius 2 is 1.75 bits per heavy atom. The monoisotopic (exact) mass is 336 g/mol. The largest absolute Gasteiger partial charge is 0.464 e. The van der Waals surface area contributed by atoms with Crippen LogP contribution in [-0.2, 0) is 25.7 Å². The van der Waals surface area contributed by atoms with Gasteiger partial charge < -0.3 is 14.6 Å². The number of rotatable bonds is 10. The molecule has 0 aliphatic heterocycles. The van der Waals surface area contributed by atoms with E-state index in [0.717, 1.165) is 18.4 Å². The predicted molar refractivity (Wildman–Crippen MR) is 91.1 cm³/mol. The molecule has 0 aliphatic rings. The molecule has 1 N–H and O–H groups in total. The van der Waals surface area contributed by atoms with Crippen LogP contribution < -0.4 is 0 Å². The Morgan fingerprint density at radius 1 is 1.08 bits per heavy atom. The van der Waals surface area contributed by atoms with E-state index >= 15 is 0 Å². The second-order valence-electron chi connectivity index (χ2n) is 6.30. The van der Waals surface area contributed by atoms with Crippen LogP contribution in [0, 0.1) is 11.8 Å². The number of hydrogen-bond acceptors (Lipinski definition) is 5. The lowest BCUT2D eigenvalue weighted by atomic mass is 9.92. The molecular formula is C19H28O5. The molecule has 0 fully saturated rings. The first-order valence-electron chi connectivity index (χ1n) is 8.51. The van der Waals surface area contributed by atoms with Crippen LogP contribution in [0.2, 0.25) is 0 Å². The molecule has 0 amide bonds. The fourth-order valence-electron chi connectivity index (χ4n) is 2.26. The third-order valence-corrected chi connectivity index (χ3v) is 3.62. The summed E-state index contributed by atoms with van der Waals surface area (Å²) in [6.07, 6.45) is 0.481. The molecule has 1 aromatic rings. The van der Waals surface area contributed by atoms with E-state index in [-0.39, 0.29) is 19.1 Å². The molecule has 5 heteroatoms.